The molecule has 6 aromatic rings. The van der Waals surface area contributed by atoms with Gasteiger partial charge in [0.05, 0.1) is 70.0 Å². The van der Waals surface area contributed by atoms with Crippen LogP contribution in [0, 0.1) is 32.7 Å². The van der Waals surface area contributed by atoms with Gasteiger partial charge < -0.3 is 42.5 Å². The van der Waals surface area contributed by atoms with E-state index in [1.807, 2.05) is 95.2 Å². The van der Waals surface area contributed by atoms with Gasteiger partial charge in [0, 0.05) is 7.14 Å². The molecule has 1 N–H and O–H groups in total. The summed E-state index contributed by atoms with van der Waals surface area (Å²) in [5, 5.41) is 8.75. The molecule has 0 bridgehead atoms. The number of nitrogens with zero attached hydrogens (tertiary/aromatic N) is 3. The van der Waals surface area contributed by atoms with Crippen LogP contribution in [0.3, 0.4) is 0 Å². The second-order valence-corrected chi connectivity index (χ2v) is 24.9. The van der Waals surface area contributed by atoms with Crippen LogP contribution in [0.1, 0.15) is 99.8 Å². The number of aromatic hydroxyl groups is 1. The molecular formula is C60H58B3F10I2N3O9. The van der Waals surface area contributed by atoms with E-state index in [2.05, 4.69) is 59.7 Å². The lowest BCUT2D eigenvalue weighted by Gasteiger charge is -2.32. The predicted octanol–water partition coefficient (Wildman–Crippen LogP) is 18.6. The molecule has 460 valence electrons. The average Bonchev–Trinajstić information content (AvgIpc) is 1.66. The van der Waals surface area contributed by atoms with Crippen LogP contribution < -0.4 is 14.9 Å². The number of alkyl halides is 9. The Hall–Kier alpha value is -6.10. The lowest BCUT2D eigenvalue weighted by molar-refractivity contribution is -0.140. The van der Waals surface area contributed by atoms with Crippen molar-refractivity contribution in [3.8, 4) is 28.7 Å². The molecule has 3 aliphatic rings. The molecule has 0 radical (unpaired) electrons. The van der Waals surface area contributed by atoms with Gasteiger partial charge in [-0.15, -0.1) is 0 Å². The highest BCUT2D eigenvalue weighted by molar-refractivity contribution is 14.1. The molecule has 3 aliphatic heterocycles. The molecule has 3 heterocycles. The summed E-state index contributed by atoms with van der Waals surface area (Å²) in [5.41, 5.74) is -5.42. The molecule has 0 saturated carbocycles. The summed E-state index contributed by atoms with van der Waals surface area (Å²) < 4.78 is 176. The van der Waals surface area contributed by atoms with E-state index in [1.54, 1.807) is 60.7 Å². The summed E-state index contributed by atoms with van der Waals surface area (Å²) in [6.07, 6.45) is -13.9. The van der Waals surface area contributed by atoms with Gasteiger partial charge in [0.2, 0.25) is 0 Å². The molecule has 0 aliphatic carbocycles. The Morgan fingerprint density at radius 1 is 0.414 bits per heavy atom. The summed E-state index contributed by atoms with van der Waals surface area (Å²) in [6, 6.07) is 28.8. The van der Waals surface area contributed by atoms with Crippen LogP contribution in [-0.4, -0.2) is 59.8 Å². The number of ether oxygens (including phenoxy) is 2. The van der Waals surface area contributed by atoms with Crippen molar-refractivity contribution >= 4 is 88.8 Å². The van der Waals surface area contributed by atoms with Gasteiger partial charge in [-0.25, -0.2) is 18.9 Å². The molecule has 12 nitrogen and oxygen atoms in total. The Morgan fingerprint density at radius 2 is 0.701 bits per heavy atom. The highest BCUT2D eigenvalue weighted by Crippen LogP contribution is 2.45. The Balaban J connectivity index is 0.000000208. The topological polar surface area (TPSA) is 107 Å². The van der Waals surface area contributed by atoms with Crippen molar-refractivity contribution in [3.63, 3.8) is 0 Å². The quantitative estimate of drug-likeness (QED) is 0.0755. The molecule has 0 unspecified atom stereocenters. The van der Waals surface area contributed by atoms with E-state index in [0.29, 0.717) is 23.6 Å². The Bertz CT molecular complexity index is 3380. The number of rotatable bonds is 6. The van der Waals surface area contributed by atoms with E-state index in [4.69, 9.17) is 62.2 Å². The third-order valence-electron chi connectivity index (χ3n) is 14.4. The second-order valence-electron chi connectivity index (χ2n) is 22.4. The Labute approximate surface area is 527 Å². The number of phenols is 1. The van der Waals surface area contributed by atoms with Crippen molar-refractivity contribution in [2.24, 2.45) is 0 Å². The van der Waals surface area contributed by atoms with Crippen molar-refractivity contribution in [1.29, 1.82) is 0 Å². The van der Waals surface area contributed by atoms with Gasteiger partial charge in [0.15, 0.2) is 17.1 Å². The zero-order valence-electron chi connectivity index (χ0n) is 48.9. The Morgan fingerprint density at radius 3 is 1.01 bits per heavy atom. The first-order valence-electron chi connectivity index (χ1n) is 26.1. The molecule has 0 atom stereocenters. The highest BCUT2D eigenvalue weighted by atomic mass is 127. The first kappa shape index (κ1) is 71.7. The lowest BCUT2D eigenvalue weighted by atomic mass is 9.49. The van der Waals surface area contributed by atoms with E-state index in [9.17, 15) is 43.9 Å². The van der Waals surface area contributed by atoms with Gasteiger partial charge >= 0.3 is 39.7 Å². The van der Waals surface area contributed by atoms with Crippen LogP contribution in [0.5, 0.6) is 28.7 Å². The highest BCUT2D eigenvalue weighted by Gasteiger charge is 2.64. The molecule has 0 spiro atoms. The average molecular weight is 1440 g/mol. The van der Waals surface area contributed by atoms with Crippen molar-refractivity contribution in [2.45, 2.75) is 135 Å². The maximum Gasteiger partial charge on any atom is 0.494 e. The van der Waals surface area contributed by atoms with Crippen molar-refractivity contribution in [3.05, 3.63) is 191 Å². The van der Waals surface area contributed by atoms with Gasteiger partial charge in [0.1, 0.15) is 34.6 Å². The summed E-state index contributed by atoms with van der Waals surface area (Å²) in [5.74, 6) is -1.16. The molecule has 9 rings (SSSR count). The molecule has 0 amide bonds. The smallest absolute Gasteiger partial charge is 0.494 e. The van der Waals surface area contributed by atoms with Gasteiger partial charge in [0.25, 0.3) is 0 Å². The van der Waals surface area contributed by atoms with Crippen LogP contribution in [0.2, 0.25) is 0 Å². The molecule has 27 heteroatoms. The standard InChI is InChI=1S/C20H19BF3NO3.C14H7F3INO.C12H24B2O4.C8H3F4N.C6H5IO/c1-18(2)19(3,4)28-21(27-18)13-6-9-15(10-7-13)26-17-11-8-14(25-5)12-16(17)20(22,23)24;1-19-10-4-7-13(12(8-10)14(15,16)17)20-11-5-2-9(18)3-6-11;1-9(2)10(3,4)16-13(15-9)14-17-11(5,6)12(7,8)18-14;1-13-5-2-3-7(9)6(4-5)8(10,11)12;7-5-1-3-6(8)4-2-5/h6-12H,1-4H3;2-8H;1-8H3;2-4H;1-4,8H. The van der Waals surface area contributed by atoms with Crippen LogP contribution >= 0.6 is 45.2 Å². The number of benzene rings is 6. The Kier molecular flexibility index (Phi) is 22.9. The van der Waals surface area contributed by atoms with Crippen LogP contribution in [0.15, 0.2) is 127 Å². The third kappa shape index (κ3) is 19.0. The molecule has 87 heavy (non-hydrogen) atoms. The van der Waals surface area contributed by atoms with Crippen molar-refractivity contribution < 1.29 is 86.4 Å². The number of phenolic OH excluding ortho intramolecular Hbond substituents is 1. The first-order chi connectivity index (χ1) is 39.9. The molecule has 3 fully saturated rings. The lowest BCUT2D eigenvalue weighted by Crippen LogP contribution is -2.41. The maximum absolute atomic E-state index is 13.3. The summed E-state index contributed by atoms with van der Waals surface area (Å²) in [6.45, 7) is 44.1. The molecular weight excluding hydrogens is 1380 g/mol. The minimum absolute atomic E-state index is 0.0766. The zero-order chi connectivity index (χ0) is 65.5. The molecule has 3 saturated heterocycles. The van der Waals surface area contributed by atoms with Crippen LogP contribution in [0.4, 0.5) is 61.0 Å². The fraction of sp³-hybridized carbons (Fsp3) is 0.350. The molecule has 6 aromatic carbocycles. The van der Waals surface area contributed by atoms with Gasteiger partial charge in [-0.2, -0.15) is 39.5 Å². The first-order valence-corrected chi connectivity index (χ1v) is 28.2. The monoisotopic (exact) mass is 1440 g/mol. The SMILES string of the molecule is CC1(C)OB(B2OC(C)(C)C(C)(C)O2)OC1(C)C.Oc1ccc(I)cc1.[C-]#[N+]c1ccc(F)c(C(F)(F)F)c1.[C-]#[N+]c1ccc(Oc2ccc(B3OC(C)(C)C(C)(C)O3)cc2)c(C(F)(F)F)c1.[C-]#[N+]c1ccc(Oc2ccc(I)cc2)c(C(F)(F)F)c1. The van der Waals surface area contributed by atoms with E-state index in [0.717, 1.165) is 42.9 Å². The minimum atomic E-state index is -4.75. The predicted molar refractivity (Wildman–Crippen MR) is 328 cm³/mol. The van der Waals surface area contributed by atoms with E-state index in [1.165, 1.54) is 12.1 Å². The molecule has 0 aromatic heterocycles. The van der Waals surface area contributed by atoms with Crippen LogP contribution in [0.25, 0.3) is 14.5 Å². The number of hydrogen-bond acceptors (Lipinski definition) is 9. The van der Waals surface area contributed by atoms with E-state index in [-0.39, 0.29) is 56.7 Å². The van der Waals surface area contributed by atoms with Gasteiger partial charge in [-0.05, 0) is 231 Å². The largest absolute Gasteiger partial charge is 0.508 e. The van der Waals surface area contributed by atoms with Gasteiger partial charge in [-0.3, -0.25) is 0 Å². The van der Waals surface area contributed by atoms with E-state index < -0.39 is 73.4 Å². The number of halogens is 12. The summed E-state index contributed by atoms with van der Waals surface area (Å²) in [7, 11) is -1.52. The van der Waals surface area contributed by atoms with Gasteiger partial charge in [-0.1, -0.05) is 30.3 Å². The third-order valence-corrected chi connectivity index (χ3v) is 15.9. The zero-order valence-corrected chi connectivity index (χ0v) is 53.3. The van der Waals surface area contributed by atoms with Crippen molar-refractivity contribution in [1.82, 2.24) is 0 Å². The summed E-state index contributed by atoms with van der Waals surface area (Å²) >= 11 is 4.27. The normalized spacial score (nSPS) is 17.4. The van der Waals surface area contributed by atoms with Crippen molar-refractivity contribution in [2.75, 3.05) is 0 Å². The fourth-order valence-electron chi connectivity index (χ4n) is 7.47. The number of hydrogen-bond donors (Lipinski definition) is 1. The minimum Gasteiger partial charge on any atom is -0.508 e. The summed E-state index contributed by atoms with van der Waals surface area (Å²) in [4.78, 5) is 8.81. The fourth-order valence-corrected chi connectivity index (χ4v) is 8.18. The maximum atomic E-state index is 13.3. The van der Waals surface area contributed by atoms with Crippen LogP contribution in [-0.2, 0) is 46.5 Å². The second kappa shape index (κ2) is 27.7. The van der Waals surface area contributed by atoms with E-state index >= 15 is 0 Å².